The van der Waals surface area contributed by atoms with Gasteiger partial charge in [-0.05, 0) is 24.3 Å². The summed E-state index contributed by atoms with van der Waals surface area (Å²) in [5.74, 6) is -0.601. The van der Waals surface area contributed by atoms with Gasteiger partial charge in [-0.2, -0.15) is 0 Å². The summed E-state index contributed by atoms with van der Waals surface area (Å²) in [5, 5.41) is 13.3. The molecular weight excluding hydrogens is 244 g/mol. The Morgan fingerprint density at radius 2 is 2.00 bits per heavy atom. The van der Waals surface area contributed by atoms with Crippen molar-refractivity contribution in [3.63, 3.8) is 0 Å². The van der Waals surface area contributed by atoms with E-state index in [1.54, 1.807) is 30.3 Å². The summed E-state index contributed by atoms with van der Waals surface area (Å²) in [5.41, 5.74) is 7.62. The minimum absolute atomic E-state index is 0.0696. The molecule has 0 unspecified atom stereocenters. The van der Waals surface area contributed by atoms with Gasteiger partial charge in [-0.1, -0.05) is 18.2 Å². The van der Waals surface area contributed by atoms with E-state index in [9.17, 15) is 4.79 Å². The third-order valence-electron chi connectivity index (χ3n) is 2.72. The van der Waals surface area contributed by atoms with Gasteiger partial charge >= 0.3 is 5.97 Å². The molecule has 6 heteroatoms. The highest BCUT2D eigenvalue weighted by Crippen LogP contribution is 2.19. The standard InChI is InChI=1S/C13H10N4O2/c14-9-4-1-3-8(7-9)12-15-11-6-2-5-10(13(18)19)17(11)16-12/h1-7H,14H2,(H,18,19). The normalized spacial score (nSPS) is 10.7. The van der Waals surface area contributed by atoms with Gasteiger partial charge in [0.05, 0.1) is 0 Å². The zero-order valence-corrected chi connectivity index (χ0v) is 9.82. The highest BCUT2D eigenvalue weighted by Gasteiger charge is 2.12. The van der Waals surface area contributed by atoms with Gasteiger partial charge in [-0.15, -0.1) is 5.10 Å². The number of hydrogen-bond acceptors (Lipinski definition) is 4. The van der Waals surface area contributed by atoms with Crippen molar-refractivity contribution in [2.24, 2.45) is 0 Å². The lowest BCUT2D eigenvalue weighted by atomic mass is 10.2. The largest absolute Gasteiger partial charge is 0.477 e. The number of anilines is 1. The van der Waals surface area contributed by atoms with Gasteiger partial charge in [0.1, 0.15) is 0 Å². The summed E-state index contributed by atoms with van der Waals surface area (Å²) < 4.78 is 1.31. The van der Waals surface area contributed by atoms with Crippen molar-refractivity contribution in [3.05, 3.63) is 48.2 Å². The fraction of sp³-hybridized carbons (Fsp3) is 0. The van der Waals surface area contributed by atoms with E-state index >= 15 is 0 Å². The van der Waals surface area contributed by atoms with Crippen LogP contribution in [0.15, 0.2) is 42.5 Å². The highest BCUT2D eigenvalue weighted by molar-refractivity contribution is 5.86. The number of carbonyl (C=O) groups is 1. The van der Waals surface area contributed by atoms with E-state index in [4.69, 9.17) is 10.8 Å². The second-order valence-corrected chi connectivity index (χ2v) is 4.05. The molecule has 0 aliphatic carbocycles. The molecule has 2 heterocycles. The third kappa shape index (κ3) is 1.89. The van der Waals surface area contributed by atoms with Crippen molar-refractivity contribution in [1.82, 2.24) is 14.6 Å². The molecule has 0 bridgehead atoms. The lowest BCUT2D eigenvalue weighted by Crippen LogP contribution is -2.05. The van der Waals surface area contributed by atoms with Gasteiger partial charge in [0.2, 0.25) is 0 Å². The second kappa shape index (κ2) is 4.09. The van der Waals surface area contributed by atoms with E-state index in [-0.39, 0.29) is 5.69 Å². The maximum absolute atomic E-state index is 11.1. The van der Waals surface area contributed by atoms with Crippen LogP contribution in [0.4, 0.5) is 5.69 Å². The predicted octanol–water partition coefficient (Wildman–Crippen LogP) is 1.68. The summed E-state index contributed by atoms with van der Waals surface area (Å²) in [6, 6.07) is 12.0. The molecule has 0 saturated heterocycles. The van der Waals surface area contributed by atoms with Gasteiger partial charge < -0.3 is 10.8 Å². The number of aromatic nitrogens is 3. The zero-order chi connectivity index (χ0) is 13.4. The first-order valence-corrected chi connectivity index (χ1v) is 5.60. The molecule has 0 aliphatic rings. The van der Waals surface area contributed by atoms with Gasteiger partial charge in [-0.3, -0.25) is 0 Å². The fourth-order valence-corrected chi connectivity index (χ4v) is 1.87. The van der Waals surface area contributed by atoms with Gasteiger partial charge in [0, 0.05) is 11.3 Å². The Morgan fingerprint density at radius 1 is 1.21 bits per heavy atom. The minimum atomic E-state index is -1.05. The minimum Gasteiger partial charge on any atom is -0.477 e. The number of benzene rings is 1. The first-order chi connectivity index (χ1) is 9.15. The summed E-state index contributed by atoms with van der Waals surface area (Å²) >= 11 is 0. The van der Waals surface area contributed by atoms with Crippen molar-refractivity contribution in [3.8, 4) is 11.4 Å². The van der Waals surface area contributed by atoms with Crippen molar-refractivity contribution in [2.75, 3.05) is 5.73 Å². The molecule has 2 aromatic heterocycles. The Labute approximate surface area is 108 Å². The summed E-state index contributed by atoms with van der Waals surface area (Å²) in [6.45, 7) is 0. The number of pyridine rings is 1. The van der Waals surface area contributed by atoms with Crippen molar-refractivity contribution in [1.29, 1.82) is 0 Å². The number of aromatic carboxylic acids is 1. The summed E-state index contributed by atoms with van der Waals surface area (Å²) in [7, 11) is 0. The second-order valence-electron chi connectivity index (χ2n) is 4.05. The molecule has 19 heavy (non-hydrogen) atoms. The Balaban J connectivity index is 2.22. The smallest absolute Gasteiger partial charge is 0.354 e. The zero-order valence-electron chi connectivity index (χ0n) is 9.82. The first kappa shape index (κ1) is 11.2. The molecule has 1 aromatic carbocycles. The van der Waals surface area contributed by atoms with Gasteiger partial charge in [0.15, 0.2) is 17.2 Å². The number of fused-ring (bicyclic) bond motifs is 1. The first-order valence-electron chi connectivity index (χ1n) is 5.60. The average Bonchev–Trinajstić information content (AvgIpc) is 2.82. The topological polar surface area (TPSA) is 93.5 Å². The van der Waals surface area contributed by atoms with Gasteiger partial charge in [0.25, 0.3) is 0 Å². The third-order valence-corrected chi connectivity index (χ3v) is 2.72. The molecule has 6 nitrogen and oxygen atoms in total. The molecule has 0 amide bonds. The molecule has 0 atom stereocenters. The Morgan fingerprint density at radius 3 is 2.74 bits per heavy atom. The number of carboxylic acids is 1. The number of nitrogens with two attached hydrogens (primary N) is 1. The Kier molecular flexibility index (Phi) is 2.42. The van der Waals surface area contributed by atoms with Crippen LogP contribution in [0.1, 0.15) is 10.5 Å². The quantitative estimate of drug-likeness (QED) is 0.678. The number of carboxylic acid groups (broad SMARTS) is 1. The average molecular weight is 254 g/mol. The van der Waals surface area contributed by atoms with E-state index in [0.29, 0.717) is 17.2 Å². The van der Waals surface area contributed by atoms with Crippen LogP contribution in [0.25, 0.3) is 17.0 Å². The van der Waals surface area contributed by atoms with Crippen molar-refractivity contribution >= 4 is 17.3 Å². The van der Waals surface area contributed by atoms with Gasteiger partial charge in [-0.25, -0.2) is 14.3 Å². The SMILES string of the molecule is Nc1cccc(-c2nc3cccc(C(=O)O)n3n2)c1. The number of rotatable bonds is 2. The maximum atomic E-state index is 11.1. The molecule has 0 radical (unpaired) electrons. The van der Waals surface area contributed by atoms with Crippen LogP contribution in [0.5, 0.6) is 0 Å². The molecule has 0 spiro atoms. The van der Waals surface area contributed by atoms with E-state index in [0.717, 1.165) is 5.56 Å². The lowest BCUT2D eigenvalue weighted by molar-refractivity contribution is 0.0687. The van der Waals surface area contributed by atoms with E-state index in [1.165, 1.54) is 10.6 Å². The molecular formula is C13H10N4O2. The van der Waals surface area contributed by atoms with Crippen LogP contribution < -0.4 is 5.73 Å². The molecule has 0 fully saturated rings. The van der Waals surface area contributed by atoms with Crippen molar-refractivity contribution in [2.45, 2.75) is 0 Å². The molecule has 3 rings (SSSR count). The van der Waals surface area contributed by atoms with Crippen LogP contribution in [0, 0.1) is 0 Å². The predicted molar refractivity (Wildman–Crippen MR) is 69.8 cm³/mol. The molecule has 3 N–H and O–H groups in total. The van der Waals surface area contributed by atoms with Crippen LogP contribution in [-0.4, -0.2) is 25.7 Å². The summed E-state index contributed by atoms with van der Waals surface area (Å²) in [6.07, 6.45) is 0. The van der Waals surface area contributed by atoms with E-state index in [2.05, 4.69) is 10.1 Å². The van der Waals surface area contributed by atoms with Crippen LogP contribution in [0.2, 0.25) is 0 Å². The Hall–Kier alpha value is -2.89. The number of nitrogen functional groups attached to an aromatic ring is 1. The summed E-state index contributed by atoms with van der Waals surface area (Å²) in [4.78, 5) is 15.4. The van der Waals surface area contributed by atoms with E-state index in [1.807, 2.05) is 6.07 Å². The molecule has 0 aliphatic heterocycles. The van der Waals surface area contributed by atoms with Crippen LogP contribution in [-0.2, 0) is 0 Å². The van der Waals surface area contributed by atoms with Crippen LogP contribution in [0.3, 0.4) is 0 Å². The monoisotopic (exact) mass is 254 g/mol. The lowest BCUT2D eigenvalue weighted by Gasteiger charge is -1.97. The number of hydrogen-bond donors (Lipinski definition) is 2. The van der Waals surface area contributed by atoms with Crippen LogP contribution >= 0.6 is 0 Å². The van der Waals surface area contributed by atoms with Crippen molar-refractivity contribution < 1.29 is 9.90 Å². The van der Waals surface area contributed by atoms with E-state index < -0.39 is 5.97 Å². The Bertz CT molecular complexity index is 779. The molecule has 94 valence electrons. The number of nitrogens with zero attached hydrogens (tertiary/aromatic N) is 3. The molecule has 0 saturated carbocycles. The maximum Gasteiger partial charge on any atom is 0.354 e. The highest BCUT2D eigenvalue weighted by atomic mass is 16.4. The molecule has 3 aromatic rings. The fourth-order valence-electron chi connectivity index (χ4n) is 1.87.